The Kier molecular flexibility index (Phi) is 8.69. The molecule has 5 rings (SSSR count). The number of hydrogen-bond acceptors (Lipinski definition) is 8. The molecule has 3 heterocycles. The molecular weight excluding hydrogens is 526 g/mol. The molecule has 2 aromatic carbocycles. The first kappa shape index (κ1) is 27.7. The third-order valence-electron chi connectivity index (χ3n) is 7.08. The normalized spacial score (nSPS) is 16.4. The summed E-state index contributed by atoms with van der Waals surface area (Å²) in [5, 5.41) is 20.4. The Labute approximate surface area is 237 Å². The first-order valence-electron chi connectivity index (χ1n) is 13.3. The molecule has 0 saturated carbocycles. The predicted molar refractivity (Wildman–Crippen MR) is 153 cm³/mol. The Bertz CT molecular complexity index is 1430. The summed E-state index contributed by atoms with van der Waals surface area (Å²) in [7, 11) is 1.71. The number of oxazole rings is 1. The monoisotopic (exact) mass is 559 g/mol. The average Bonchev–Trinajstić information content (AvgIpc) is 3.76. The topological polar surface area (TPSA) is 121 Å². The number of amides is 2. The number of aromatic nitrogens is 2. The molecule has 40 heavy (non-hydrogen) atoms. The van der Waals surface area contributed by atoms with Crippen LogP contribution in [0.2, 0.25) is 0 Å². The summed E-state index contributed by atoms with van der Waals surface area (Å²) in [6, 6.07) is 14.1. The van der Waals surface area contributed by atoms with E-state index in [1.807, 2.05) is 42.6 Å². The number of nitrogens with one attached hydrogen (secondary N) is 2. The maximum Gasteiger partial charge on any atom is 0.254 e. The van der Waals surface area contributed by atoms with E-state index < -0.39 is 12.1 Å². The first-order valence-corrected chi connectivity index (χ1v) is 14.2. The zero-order valence-corrected chi connectivity index (χ0v) is 23.4. The van der Waals surface area contributed by atoms with E-state index >= 15 is 0 Å². The van der Waals surface area contributed by atoms with Crippen LogP contribution in [0, 0.1) is 6.92 Å². The molecule has 0 aliphatic carbocycles. The molecule has 0 radical (unpaired) electrons. The summed E-state index contributed by atoms with van der Waals surface area (Å²) in [6.45, 7) is 3.11. The Balaban J connectivity index is 1.42. The molecule has 0 unspecified atom stereocenters. The lowest BCUT2D eigenvalue weighted by Gasteiger charge is -2.29. The number of thiazole rings is 1. The van der Waals surface area contributed by atoms with Gasteiger partial charge in [-0.1, -0.05) is 30.3 Å². The molecule has 2 aromatic heterocycles. The molecule has 1 aliphatic rings. The second-order valence-corrected chi connectivity index (χ2v) is 11.1. The molecule has 1 fully saturated rings. The third-order valence-corrected chi connectivity index (χ3v) is 8.03. The highest BCUT2D eigenvalue weighted by Crippen LogP contribution is 2.24. The minimum atomic E-state index is -0.780. The highest BCUT2D eigenvalue weighted by Gasteiger charge is 2.31. The van der Waals surface area contributed by atoms with E-state index in [2.05, 4.69) is 20.6 Å². The van der Waals surface area contributed by atoms with Crippen molar-refractivity contribution in [1.82, 2.24) is 25.5 Å². The lowest BCUT2D eigenvalue weighted by Crippen LogP contribution is -2.52. The lowest BCUT2D eigenvalue weighted by molar-refractivity contribution is 0.0737. The molecule has 208 valence electrons. The first-order chi connectivity index (χ1) is 19.4. The van der Waals surface area contributed by atoms with Gasteiger partial charge in [0.05, 0.1) is 24.9 Å². The van der Waals surface area contributed by atoms with Gasteiger partial charge in [-0.25, -0.2) is 9.97 Å². The fraction of sp³-hybridized carbons (Fsp3) is 0.333. The second-order valence-electron chi connectivity index (χ2n) is 10.2. The van der Waals surface area contributed by atoms with Crippen molar-refractivity contribution in [3.63, 3.8) is 0 Å². The molecule has 1 saturated heterocycles. The lowest BCUT2D eigenvalue weighted by atomic mass is 9.94. The summed E-state index contributed by atoms with van der Waals surface area (Å²) < 4.78 is 5.49. The summed E-state index contributed by atoms with van der Waals surface area (Å²) >= 11 is 1.50. The maximum atomic E-state index is 13.7. The number of carbonyl (C=O) groups excluding carboxylic acids is 2. The molecule has 9 nitrogen and oxygen atoms in total. The Morgan fingerprint density at radius 3 is 2.70 bits per heavy atom. The van der Waals surface area contributed by atoms with Crippen molar-refractivity contribution in [3.05, 3.63) is 93.9 Å². The standard InChI is InChI=1S/C30H33N5O4S/c1-19-17-40-27(33-19)16-35(2)30(38)23-13-21(26-15-31-18-39-26)12-22(14-23)29(37)34-25(11-20-7-4-3-5-8-20)28(36)24-9-6-10-32-24/h3-5,7-8,12-15,17-18,24-25,28,32,36H,6,9-11,16H2,1-2H3,(H,34,37)/t24-,25+,28-/m1/s1. The van der Waals surface area contributed by atoms with Gasteiger partial charge in [0.1, 0.15) is 5.01 Å². The van der Waals surface area contributed by atoms with Gasteiger partial charge in [0.2, 0.25) is 0 Å². The second kappa shape index (κ2) is 12.5. The number of hydrogen-bond donors (Lipinski definition) is 3. The van der Waals surface area contributed by atoms with Crippen LogP contribution in [-0.4, -0.2) is 63.6 Å². The minimum absolute atomic E-state index is 0.102. The van der Waals surface area contributed by atoms with E-state index in [0.29, 0.717) is 35.4 Å². The van der Waals surface area contributed by atoms with Gasteiger partial charge in [-0.2, -0.15) is 0 Å². The summed E-state index contributed by atoms with van der Waals surface area (Å²) in [4.78, 5) is 37.2. The van der Waals surface area contributed by atoms with E-state index in [-0.39, 0.29) is 17.9 Å². The fourth-order valence-electron chi connectivity index (χ4n) is 5.01. The van der Waals surface area contributed by atoms with Crippen LogP contribution in [0.15, 0.2) is 70.9 Å². The number of aryl methyl sites for hydroxylation is 1. The van der Waals surface area contributed by atoms with Crippen molar-refractivity contribution >= 4 is 23.2 Å². The number of rotatable bonds is 10. The Morgan fingerprint density at radius 2 is 2.02 bits per heavy atom. The van der Waals surface area contributed by atoms with Crippen LogP contribution >= 0.6 is 11.3 Å². The van der Waals surface area contributed by atoms with Crippen LogP contribution in [0.3, 0.4) is 0 Å². The van der Waals surface area contributed by atoms with Gasteiger partial charge in [-0.3, -0.25) is 9.59 Å². The van der Waals surface area contributed by atoms with E-state index in [1.54, 1.807) is 36.3 Å². The molecule has 0 spiro atoms. The Hall–Kier alpha value is -3.86. The summed E-state index contributed by atoms with van der Waals surface area (Å²) in [5.41, 5.74) is 3.11. The average molecular weight is 560 g/mol. The van der Waals surface area contributed by atoms with Crippen LogP contribution in [-0.2, 0) is 13.0 Å². The molecule has 3 atom stereocenters. The van der Waals surface area contributed by atoms with Crippen LogP contribution in [0.1, 0.15) is 49.8 Å². The zero-order valence-electron chi connectivity index (χ0n) is 22.5. The number of nitrogens with zero attached hydrogens (tertiary/aromatic N) is 3. The summed E-state index contributed by atoms with van der Waals surface area (Å²) in [5.74, 6) is -0.191. The van der Waals surface area contributed by atoms with E-state index in [0.717, 1.165) is 35.7 Å². The predicted octanol–water partition coefficient (Wildman–Crippen LogP) is 3.83. The van der Waals surface area contributed by atoms with Crippen LogP contribution < -0.4 is 10.6 Å². The Morgan fingerprint density at radius 1 is 1.23 bits per heavy atom. The SMILES string of the molecule is Cc1csc(CN(C)C(=O)c2cc(C(=O)N[C@@H](Cc3ccccc3)[C@H](O)[C@H]3CCCN3)cc(-c3cnco3)c2)n1. The van der Waals surface area contributed by atoms with Gasteiger partial charge < -0.3 is 25.1 Å². The van der Waals surface area contributed by atoms with Crippen LogP contribution in [0.5, 0.6) is 0 Å². The zero-order chi connectivity index (χ0) is 28.1. The fourth-order valence-corrected chi connectivity index (χ4v) is 5.84. The van der Waals surface area contributed by atoms with Crippen molar-refractivity contribution in [2.75, 3.05) is 13.6 Å². The van der Waals surface area contributed by atoms with Crippen LogP contribution in [0.25, 0.3) is 11.3 Å². The molecule has 1 aliphatic heterocycles. The minimum Gasteiger partial charge on any atom is -0.444 e. The number of aliphatic hydroxyl groups excluding tert-OH is 1. The third kappa shape index (κ3) is 6.64. The summed E-state index contributed by atoms with van der Waals surface area (Å²) in [6.07, 6.45) is 4.36. The smallest absolute Gasteiger partial charge is 0.254 e. The van der Waals surface area contributed by atoms with E-state index in [9.17, 15) is 14.7 Å². The molecular formula is C30H33N5O4S. The van der Waals surface area contributed by atoms with E-state index in [4.69, 9.17) is 4.42 Å². The molecule has 4 aromatic rings. The van der Waals surface area contributed by atoms with Crippen molar-refractivity contribution in [2.24, 2.45) is 0 Å². The largest absolute Gasteiger partial charge is 0.444 e. The number of carbonyl (C=O) groups is 2. The van der Waals surface area contributed by atoms with Gasteiger partial charge in [0.25, 0.3) is 11.8 Å². The van der Waals surface area contributed by atoms with Gasteiger partial charge >= 0.3 is 0 Å². The van der Waals surface area contributed by atoms with Crippen molar-refractivity contribution < 1.29 is 19.1 Å². The number of aliphatic hydroxyl groups is 1. The van der Waals surface area contributed by atoms with Crippen molar-refractivity contribution in [2.45, 2.75) is 50.9 Å². The van der Waals surface area contributed by atoms with Crippen molar-refractivity contribution in [1.29, 1.82) is 0 Å². The molecule has 3 N–H and O–H groups in total. The van der Waals surface area contributed by atoms with Gasteiger partial charge in [0.15, 0.2) is 12.2 Å². The van der Waals surface area contributed by atoms with Crippen molar-refractivity contribution in [3.8, 4) is 11.3 Å². The highest BCUT2D eigenvalue weighted by molar-refractivity contribution is 7.09. The van der Waals surface area contributed by atoms with Gasteiger partial charge in [0, 0.05) is 40.9 Å². The van der Waals surface area contributed by atoms with Crippen LogP contribution in [0.4, 0.5) is 0 Å². The molecule has 10 heteroatoms. The van der Waals surface area contributed by atoms with E-state index in [1.165, 1.54) is 17.7 Å². The highest BCUT2D eigenvalue weighted by atomic mass is 32.1. The van der Waals surface area contributed by atoms with Gasteiger partial charge in [-0.15, -0.1) is 11.3 Å². The molecule has 2 amide bonds. The number of benzene rings is 2. The maximum absolute atomic E-state index is 13.7. The molecule has 0 bridgehead atoms. The quantitative estimate of drug-likeness (QED) is 0.270. The van der Waals surface area contributed by atoms with Gasteiger partial charge in [-0.05, 0) is 56.5 Å².